The van der Waals surface area contributed by atoms with Gasteiger partial charge in [-0.1, -0.05) is 179 Å². The zero-order valence-corrected chi connectivity index (χ0v) is 37.7. The van der Waals surface area contributed by atoms with Crippen LogP contribution in [0.4, 0.5) is 17.1 Å². The number of furan rings is 1. The molecule has 2 aliphatic carbocycles. The fraction of sp³-hybridized carbons (Fsp3) is 0.156. The largest absolute Gasteiger partial charge is 0.455 e. The molecule has 0 N–H and O–H groups in total. The van der Waals surface area contributed by atoms with Crippen molar-refractivity contribution >= 4 is 39.0 Å². The van der Waals surface area contributed by atoms with Crippen LogP contribution >= 0.6 is 0 Å². The first-order chi connectivity index (χ1) is 34.5. The number of nitrogens with zero attached hydrogens (tertiary/aromatic N) is 1. The summed E-state index contributed by atoms with van der Waals surface area (Å²) in [6, 6.07) is 66.2. The third-order valence-electron chi connectivity index (χ3n) is 14.9. The van der Waals surface area contributed by atoms with Gasteiger partial charge in [-0.2, -0.15) is 0 Å². The predicted molar refractivity (Wildman–Crippen MR) is 279 cm³/mol. The second-order valence-corrected chi connectivity index (χ2v) is 18.8. The number of hydrogen-bond acceptors (Lipinski definition) is 2. The highest BCUT2D eigenvalue weighted by Crippen LogP contribution is 2.57. The first-order valence-corrected chi connectivity index (χ1v) is 23.0. The number of aryl methyl sites for hydroxylation is 2. The molecule has 2 heteroatoms. The monoisotopic (exact) mass is 857 g/mol. The van der Waals surface area contributed by atoms with Crippen molar-refractivity contribution < 1.29 is 12.6 Å². The molecule has 66 heavy (non-hydrogen) atoms. The molecule has 10 aromatic rings. The van der Waals surface area contributed by atoms with Crippen LogP contribution in [-0.2, 0) is 10.8 Å². The lowest BCUT2D eigenvalue weighted by molar-refractivity contribution is 0.490. The number of benzene rings is 9. The van der Waals surface area contributed by atoms with Gasteiger partial charge in [-0.25, -0.2) is 0 Å². The second kappa shape index (κ2) is 15.1. The van der Waals surface area contributed by atoms with Gasteiger partial charge in [0.2, 0.25) is 0 Å². The summed E-state index contributed by atoms with van der Waals surface area (Å²) in [4.78, 5) is 2.34. The quantitative estimate of drug-likeness (QED) is 0.151. The number of rotatable bonds is 8. The fourth-order valence-electron chi connectivity index (χ4n) is 11.2. The highest BCUT2D eigenvalue weighted by Gasteiger charge is 2.42. The Hall–Kier alpha value is -7.42. The van der Waals surface area contributed by atoms with E-state index in [4.69, 9.17) is 12.6 Å². The van der Waals surface area contributed by atoms with Crippen LogP contribution in [0.15, 0.2) is 192 Å². The number of fused-ring (bicyclic) bond motifs is 9. The van der Waals surface area contributed by atoms with Crippen molar-refractivity contribution in [3.05, 3.63) is 221 Å². The van der Waals surface area contributed by atoms with Crippen molar-refractivity contribution in [3.8, 4) is 55.6 Å². The Bertz CT molecular complexity index is 3750. The van der Waals surface area contributed by atoms with Gasteiger partial charge in [-0.05, 0) is 141 Å². The van der Waals surface area contributed by atoms with E-state index in [0.29, 0.717) is 5.58 Å². The van der Waals surface area contributed by atoms with Gasteiger partial charge in [0, 0.05) is 58.0 Å². The molecule has 0 fully saturated rings. The Morgan fingerprint density at radius 2 is 0.970 bits per heavy atom. The van der Waals surface area contributed by atoms with Crippen molar-refractivity contribution in [2.75, 3.05) is 4.90 Å². The van der Waals surface area contributed by atoms with Gasteiger partial charge in [0.25, 0.3) is 0 Å². The fourth-order valence-corrected chi connectivity index (χ4v) is 11.2. The van der Waals surface area contributed by atoms with E-state index in [-0.39, 0.29) is 18.3 Å². The molecule has 12 rings (SSSR count). The SMILES string of the molecule is [2H]C([2H])([2H])CC1(CC([2H])([2H])[2H])c2cc(C)c(C)cc2-c2c(-c3cccc4c3oc3c(-c5ccc(N(c6ccc(-c7ccccc7)cc6)c6ccc7c(c6)C(C)(C)c6ccccc6-7)cc5)cccc34)cccc21. The van der Waals surface area contributed by atoms with Crippen molar-refractivity contribution in [3.63, 3.8) is 0 Å². The van der Waals surface area contributed by atoms with E-state index in [1.165, 1.54) is 27.8 Å². The van der Waals surface area contributed by atoms with E-state index in [9.17, 15) is 0 Å². The third-order valence-corrected chi connectivity index (χ3v) is 14.9. The summed E-state index contributed by atoms with van der Waals surface area (Å²) in [5.74, 6) is 0. The maximum absolute atomic E-state index is 8.52. The molecule has 0 aliphatic heterocycles. The Morgan fingerprint density at radius 3 is 1.70 bits per heavy atom. The van der Waals surface area contributed by atoms with Gasteiger partial charge in [0.15, 0.2) is 0 Å². The number of hydrogen-bond donors (Lipinski definition) is 0. The van der Waals surface area contributed by atoms with E-state index < -0.39 is 19.1 Å². The zero-order valence-electron chi connectivity index (χ0n) is 43.7. The standard InChI is InChI=1S/C64H53NO/c1-7-64(8-2)57-26-16-21-51(60(57)55-37-40(3)41(4)38-59(55)64)52-22-15-24-54-53-23-14-20-48(61(53)66-62(52)54)44-29-33-46(34-30-44)65(45-31-27-43(28-32-45)42-17-10-9-11-18-42)47-35-36-50-49-19-12-13-25-56(49)63(5,6)58(50)39-47/h9-39H,7-8H2,1-6H3/i1D3,2D3. The van der Waals surface area contributed by atoms with Crippen LogP contribution in [0.2, 0.25) is 0 Å². The van der Waals surface area contributed by atoms with Crippen LogP contribution in [0.3, 0.4) is 0 Å². The second-order valence-electron chi connectivity index (χ2n) is 18.8. The summed E-state index contributed by atoms with van der Waals surface area (Å²) in [5, 5.41) is 1.94. The summed E-state index contributed by atoms with van der Waals surface area (Å²) >= 11 is 0. The first-order valence-electron chi connectivity index (χ1n) is 26.0. The summed E-state index contributed by atoms with van der Waals surface area (Å²) in [7, 11) is 0. The Balaban J connectivity index is 0.975. The molecule has 2 aliphatic rings. The van der Waals surface area contributed by atoms with E-state index in [1.807, 2.05) is 44.2 Å². The van der Waals surface area contributed by atoms with Crippen LogP contribution in [-0.4, -0.2) is 0 Å². The summed E-state index contributed by atoms with van der Waals surface area (Å²) in [6.07, 6.45) is -0.583. The third kappa shape index (κ3) is 5.87. The minimum Gasteiger partial charge on any atom is -0.455 e. The molecule has 0 radical (unpaired) electrons. The molecule has 320 valence electrons. The highest BCUT2D eigenvalue weighted by molar-refractivity contribution is 6.14. The number of anilines is 3. The van der Waals surface area contributed by atoms with Gasteiger partial charge < -0.3 is 9.32 Å². The lowest BCUT2D eigenvalue weighted by atomic mass is 9.73. The predicted octanol–water partition coefficient (Wildman–Crippen LogP) is 18.1. The molecular weight excluding hydrogens is 799 g/mol. The lowest BCUT2D eigenvalue weighted by Gasteiger charge is -2.30. The van der Waals surface area contributed by atoms with Crippen LogP contribution in [0.25, 0.3) is 77.6 Å². The highest BCUT2D eigenvalue weighted by atomic mass is 16.3. The van der Waals surface area contributed by atoms with Crippen molar-refractivity contribution in [1.82, 2.24) is 0 Å². The molecule has 9 aromatic carbocycles. The molecule has 2 nitrogen and oxygen atoms in total. The maximum Gasteiger partial charge on any atom is 0.143 e. The summed E-state index contributed by atoms with van der Waals surface area (Å²) in [6.45, 7) is 3.93. The van der Waals surface area contributed by atoms with Crippen molar-refractivity contribution in [1.29, 1.82) is 0 Å². The normalized spacial score (nSPS) is 15.7. The average molecular weight is 858 g/mol. The van der Waals surface area contributed by atoms with Crippen LogP contribution in [0, 0.1) is 13.8 Å². The molecular formula is C64H53NO. The average Bonchev–Trinajstić information content (AvgIpc) is 3.94. The van der Waals surface area contributed by atoms with Crippen molar-refractivity contribution in [2.45, 2.75) is 65.1 Å². The molecule has 1 aromatic heterocycles. The minimum atomic E-state index is -2.38. The van der Waals surface area contributed by atoms with Crippen LogP contribution in [0.1, 0.15) is 82.0 Å². The van der Waals surface area contributed by atoms with Crippen LogP contribution in [0.5, 0.6) is 0 Å². The van der Waals surface area contributed by atoms with Gasteiger partial charge in [0.1, 0.15) is 11.2 Å². The first kappa shape index (κ1) is 34.0. The van der Waals surface area contributed by atoms with Gasteiger partial charge in [-0.3, -0.25) is 0 Å². The van der Waals surface area contributed by atoms with Crippen LogP contribution < -0.4 is 4.90 Å². The minimum absolute atomic E-state index is 0.160. The zero-order chi connectivity index (χ0) is 49.9. The van der Waals surface area contributed by atoms with E-state index in [1.54, 1.807) is 0 Å². The van der Waals surface area contributed by atoms with Gasteiger partial charge >= 0.3 is 0 Å². The van der Waals surface area contributed by atoms with E-state index in [2.05, 4.69) is 176 Å². The van der Waals surface area contributed by atoms with Gasteiger partial charge in [0.05, 0.1) is 0 Å². The lowest BCUT2D eigenvalue weighted by Crippen LogP contribution is -2.23. The number of para-hydroxylation sites is 2. The summed E-state index contributed by atoms with van der Waals surface area (Å²) in [5.41, 5.74) is 19.8. The Kier molecular flexibility index (Phi) is 7.77. The smallest absolute Gasteiger partial charge is 0.143 e. The molecule has 0 spiro atoms. The van der Waals surface area contributed by atoms with Gasteiger partial charge in [-0.15, -0.1) is 0 Å². The van der Waals surface area contributed by atoms with Crippen molar-refractivity contribution in [2.24, 2.45) is 0 Å². The molecule has 0 saturated heterocycles. The van der Waals surface area contributed by atoms with E-state index in [0.717, 1.165) is 94.6 Å². The molecule has 0 amide bonds. The molecule has 0 bridgehead atoms. The Morgan fingerprint density at radius 1 is 0.424 bits per heavy atom. The van der Waals surface area contributed by atoms with E-state index >= 15 is 0 Å². The maximum atomic E-state index is 8.52. The Labute approximate surface area is 397 Å². The topological polar surface area (TPSA) is 16.4 Å². The molecule has 1 heterocycles. The molecule has 0 atom stereocenters. The molecule has 0 saturated carbocycles. The molecule has 0 unspecified atom stereocenters. The summed E-state index contributed by atoms with van der Waals surface area (Å²) < 4.78 is 58.2.